The van der Waals surface area contributed by atoms with Gasteiger partial charge in [0.2, 0.25) is 10.0 Å². The lowest BCUT2D eigenvalue weighted by Crippen LogP contribution is -2.09. The first-order valence-electron chi connectivity index (χ1n) is 8.77. The Balaban J connectivity index is 1.91. The van der Waals surface area contributed by atoms with Gasteiger partial charge in [-0.3, -0.25) is 4.72 Å². The summed E-state index contributed by atoms with van der Waals surface area (Å²) < 4.78 is 25.7. The van der Waals surface area contributed by atoms with Crippen LogP contribution in [0.15, 0.2) is 66.7 Å². The summed E-state index contributed by atoms with van der Waals surface area (Å²) in [6, 6.07) is 21.4. The fourth-order valence-electron chi connectivity index (χ4n) is 3.38. The van der Waals surface area contributed by atoms with Crippen molar-refractivity contribution in [3.05, 3.63) is 99.6 Å². The lowest BCUT2D eigenvalue weighted by Gasteiger charge is -2.13. The minimum Gasteiger partial charge on any atom is -0.284 e. The molecule has 0 spiro atoms. The first-order chi connectivity index (χ1) is 13.4. The van der Waals surface area contributed by atoms with Crippen LogP contribution >= 0.6 is 11.6 Å². The van der Waals surface area contributed by atoms with Crippen molar-refractivity contribution in [2.24, 2.45) is 0 Å². The fourth-order valence-corrected chi connectivity index (χ4v) is 4.17. The first kappa shape index (κ1) is 18.5. The van der Waals surface area contributed by atoms with Crippen LogP contribution in [0.3, 0.4) is 0 Å². The van der Waals surface area contributed by atoms with Crippen molar-refractivity contribution >= 4 is 51.1 Å². The zero-order chi connectivity index (χ0) is 19.7. The summed E-state index contributed by atoms with van der Waals surface area (Å²) in [6.07, 6.45) is 7.32. The Hall–Kier alpha value is -2.82. The molecule has 4 rings (SSSR count). The highest BCUT2D eigenvalue weighted by atomic mass is 35.5. The lowest BCUT2D eigenvalue weighted by atomic mass is 9.92. The molecule has 3 aromatic rings. The molecule has 0 bridgehead atoms. The fraction of sp³-hybridized carbons (Fsp3) is 0.0435. The van der Waals surface area contributed by atoms with Crippen molar-refractivity contribution in [2.75, 3.05) is 11.0 Å². The van der Waals surface area contributed by atoms with E-state index in [9.17, 15) is 8.42 Å². The predicted octanol–water partition coefficient (Wildman–Crippen LogP) is 5.78. The SMILES string of the molecule is CS(=O)(=O)Nc1cccc(/C=C2/c3ccccc3C=Cc3c(Cl)cccc32)c1. The Labute approximate surface area is 170 Å². The average molecular weight is 408 g/mol. The molecule has 3 nitrogen and oxygen atoms in total. The zero-order valence-corrected chi connectivity index (χ0v) is 16.8. The number of benzene rings is 3. The Kier molecular flexibility index (Phi) is 4.84. The van der Waals surface area contributed by atoms with Crippen LogP contribution in [0.5, 0.6) is 0 Å². The first-order valence-corrected chi connectivity index (χ1v) is 11.0. The largest absolute Gasteiger partial charge is 0.284 e. The summed E-state index contributed by atoms with van der Waals surface area (Å²) in [5, 5.41) is 0.694. The number of rotatable bonds is 3. The van der Waals surface area contributed by atoms with Crippen molar-refractivity contribution in [3.63, 3.8) is 0 Å². The molecule has 0 aliphatic heterocycles. The lowest BCUT2D eigenvalue weighted by molar-refractivity contribution is 0.607. The van der Waals surface area contributed by atoms with Crippen LogP contribution in [0.4, 0.5) is 5.69 Å². The molecular weight excluding hydrogens is 390 g/mol. The molecule has 0 radical (unpaired) electrons. The standard InChI is InChI=1S/C23H18ClNO2S/c1-28(26,27)25-18-8-4-6-16(14-18)15-22-19-9-3-2-7-17(19)12-13-21-20(22)10-5-11-23(21)24/h2-15,25H,1H3/b22-15-. The van der Waals surface area contributed by atoms with Gasteiger partial charge in [0, 0.05) is 16.3 Å². The van der Waals surface area contributed by atoms with E-state index in [1.807, 2.05) is 48.5 Å². The van der Waals surface area contributed by atoms with Crippen LogP contribution in [0, 0.1) is 0 Å². The summed E-state index contributed by atoms with van der Waals surface area (Å²) in [6.45, 7) is 0. The van der Waals surface area contributed by atoms with E-state index in [0.717, 1.165) is 39.6 Å². The molecule has 0 unspecified atom stereocenters. The second-order valence-electron chi connectivity index (χ2n) is 6.68. The molecule has 0 saturated heterocycles. The summed E-state index contributed by atoms with van der Waals surface area (Å²) in [5.41, 5.74) is 6.67. The molecule has 1 aliphatic rings. The number of hydrogen-bond donors (Lipinski definition) is 1. The number of nitrogens with one attached hydrogen (secondary N) is 1. The molecule has 0 amide bonds. The quantitative estimate of drug-likeness (QED) is 0.467. The second kappa shape index (κ2) is 7.30. The van der Waals surface area contributed by atoms with Gasteiger partial charge in [-0.1, -0.05) is 72.3 Å². The molecular formula is C23H18ClNO2S. The second-order valence-corrected chi connectivity index (χ2v) is 8.84. The number of anilines is 1. The van der Waals surface area contributed by atoms with E-state index < -0.39 is 10.0 Å². The third-order valence-electron chi connectivity index (χ3n) is 4.52. The monoisotopic (exact) mass is 407 g/mol. The molecule has 1 aliphatic carbocycles. The van der Waals surface area contributed by atoms with Crippen LogP contribution in [0.25, 0.3) is 23.8 Å². The topological polar surface area (TPSA) is 46.2 Å². The van der Waals surface area contributed by atoms with Crippen molar-refractivity contribution in [3.8, 4) is 0 Å². The molecule has 5 heteroatoms. The average Bonchev–Trinajstić information content (AvgIpc) is 2.79. The van der Waals surface area contributed by atoms with Crippen LogP contribution in [-0.4, -0.2) is 14.7 Å². The maximum Gasteiger partial charge on any atom is 0.229 e. The minimum absolute atomic E-state index is 0.531. The molecule has 0 fully saturated rings. The molecule has 0 atom stereocenters. The van der Waals surface area contributed by atoms with Crippen molar-refractivity contribution in [1.82, 2.24) is 0 Å². The molecule has 28 heavy (non-hydrogen) atoms. The maximum absolute atomic E-state index is 11.6. The van der Waals surface area contributed by atoms with Gasteiger partial charge in [-0.2, -0.15) is 0 Å². The third-order valence-corrected chi connectivity index (χ3v) is 5.46. The highest BCUT2D eigenvalue weighted by Crippen LogP contribution is 2.37. The van der Waals surface area contributed by atoms with Gasteiger partial charge in [-0.15, -0.1) is 0 Å². The van der Waals surface area contributed by atoms with Gasteiger partial charge in [-0.25, -0.2) is 8.42 Å². The van der Waals surface area contributed by atoms with Crippen LogP contribution < -0.4 is 4.72 Å². The number of halogens is 1. The van der Waals surface area contributed by atoms with Gasteiger partial charge in [0.25, 0.3) is 0 Å². The smallest absolute Gasteiger partial charge is 0.229 e. The Bertz CT molecular complexity index is 1230. The molecule has 1 N–H and O–H groups in total. The minimum atomic E-state index is -3.33. The highest BCUT2D eigenvalue weighted by Gasteiger charge is 2.16. The van der Waals surface area contributed by atoms with E-state index in [1.165, 1.54) is 0 Å². The van der Waals surface area contributed by atoms with Crippen molar-refractivity contribution in [2.45, 2.75) is 0 Å². The Morgan fingerprint density at radius 1 is 0.893 bits per heavy atom. The maximum atomic E-state index is 11.6. The van der Waals surface area contributed by atoms with E-state index in [4.69, 9.17) is 11.6 Å². The Morgan fingerprint density at radius 3 is 2.46 bits per heavy atom. The van der Waals surface area contributed by atoms with Crippen LogP contribution in [0.1, 0.15) is 27.8 Å². The number of hydrogen-bond acceptors (Lipinski definition) is 2. The highest BCUT2D eigenvalue weighted by molar-refractivity contribution is 7.92. The van der Waals surface area contributed by atoms with Gasteiger partial charge in [0.05, 0.1) is 6.26 Å². The third kappa shape index (κ3) is 3.88. The zero-order valence-electron chi connectivity index (χ0n) is 15.2. The summed E-state index contributed by atoms with van der Waals surface area (Å²) in [4.78, 5) is 0. The van der Waals surface area contributed by atoms with Crippen molar-refractivity contribution in [1.29, 1.82) is 0 Å². The van der Waals surface area contributed by atoms with Crippen LogP contribution in [0.2, 0.25) is 5.02 Å². The van der Waals surface area contributed by atoms with Crippen molar-refractivity contribution < 1.29 is 8.42 Å². The molecule has 140 valence electrons. The molecule has 0 saturated carbocycles. The van der Waals surface area contributed by atoms with Gasteiger partial charge in [0.15, 0.2) is 0 Å². The number of fused-ring (bicyclic) bond motifs is 2. The van der Waals surface area contributed by atoms with E-state index in [1.54, 1.807) is 6.07 Å². The van der Waals surface area contributed by atoms with E-state index >= 15 is 0 Å². The molecule has 3 aromatic carbocycles. The molecule has 0 aromatic heterocycles. The normalized spacial score (nSPS) is 14.3. The summed E-state index contributed by atoms with van der Waals surface area (Å²) in [7, 11) is -3.33. The van der Waals surface area contributed by atoms with E-state index in [0.29, 0.717) is 10.7 Å². The summed E-state index contributed by atoms with van der Waals surface area (Å²) >= 11 is 6.47. The summed E-state index contributed by atoms with van der Waals surface area (Å²) in [5.74, 6) is 0. The molecule has 0 heterocycles. The van der Waals surface area contributed by atoms with Gasteiger partial charge < -0.3 is 0 Å². The van der Waals surface area contributed by atoms with E-state index in [-0.39, 0.29) is 0 Å². The van der Waals surface area contributed by atoms with E-state index in [2.05, 4.69) is 35.1 Å². The van der Waals surface area contributed by atoms with Gasteiger partial charge in [0.1, 0.15) is 0 Å². The Morgan fingerprint density at radius 2 is 1.64 bits per heavy atom. The number of sulfonamides is 1. The van der Waals surface area contributed by atoms with Gasteiger partial charge in [-0.05, 0) is 52.1 Å². The predicted molar refractivity (Wildman–Crippen MR) is 119 cm³/mol. The van der Waals surface area contributed by atoms with Crippen LogP contribution in [-0.2, 0) is 10.0 Å². The van der Waals surface area contributed by atoms with Gasteiger partial charge >= 0.3 is 0 Å².